The number of hydrogen-bond acceptors (Lipinski definition) is 5. The molecule has 0 atom stereocenters. The zero-order valence-electron chi connectivity index (χ0n) is 27.4. The van der Waals surface area contributed by atoms with Crippen molar-refractivity contribution in [3.63, 3.8) is 0 Å². The second kappa shape index (κ2) is 11.6. The topological polar surface area (TPSA) is 61.0 Å². The minimum Gasteiger partial charge on any atom is -0.456 e. The molecule has 3 heterocycles. The number of benzene rings is 7. The van der Waals surface area contributed by atoms with Crippen molar-refractivity contribution in [3.05, 3.63) is 198 Å². The molecule has 0 fully saturated rings. The summed E-state index contributed by atoms with van der Waals surface area (Å²) in [5.74, 6) is 3.15. The summed E-state index contributed by atoms with van der Waals surface area (Å²) in [4.78, 5) is 15.3. The van der Waals surface area contributed by atoms with Crippen LogP contribution in [0.3, 0.4) is 0 Å². The van der Waals surface area contributed by atoms with Crippen LogP contribution in [0.15, 0.2) is 180 Å². The molecule has 5 nitrogen and oxygen atoms in total. The molecule has 1 aliphatic rings. The molecular weight excluding hydrogens is 627 g/mol. The third-order valence-electron chi connectivity index (χ3n) is 9.88. The zero-order chi connectivity index (χ0) is 33.8. The van der Waals surface area contributed by atoms with Crippen molar-refractivity contribution in [2.24, 2.45) is 0 Å². The van der Waals surface area contributed by atoms with E-state index in [1.165, 1.54) is 0 Å². The summed E-state index contributed by atoms with van der Waals surface area (Å²) in [7, 11) is 0. The Balaban J connectivity index is 1.24. The van der Waals surface area contributed by atoms with Crippen molar-refractivity contribution >= 4 is 21.9 Å². The summed E-state index contributed by atoms with van der Waals surface area (Å²) in [6, 6.07) is 60.2. The van der Waals surface area contributed by atoms with Gasteiger partial charge >= 0.3 is 0 Å². The van der Waals surface area contributed by atoms with Gasteiger partial charge < -0.3 is 9.15 Å². The molecule has 2 aromatic heterocycles. The minimum absolute atomic E-state index is 0.523. The first-order chi connectivity index (χ1) is 25.3. The predicted octanol–water partition coefficient (Wildman–Crippen LogP) is 11.3. The van der Waals surface area contributed by atoms with E-state index in [1.54, 1.807) is 0 Å². The lowest BCUT2D eigenvalue weighted by Crippen LogP contribution is -2.34. The van der Waals surface area contributed by atoms with Crippen LogP contribution in [0, 0.1) is 0 Å². The zero-order valence-corrected chi connectivity index (χ0v) is 27.4. The van der Waals surface area contributed by atoms with Gasteiger partial charge in [0.15, 0.2) is 17.5 Å². The fourth-order valence-corrected chi connectivity index (χ4v) is 7.61. The lowest BCUT2D eigenvalue weighted by atomic mass is 9.63. The normalized spacial score (nSPS) is 13.0. The van der Waals surface area contributed by atoms with E-state index in [-0.39, 0.29) is 0 Å². The number of hydrogen-bond donors (Lipinski definition) is 0. The SMILES string of the molecule is c1ccc(-c2nc(-c3ccc4c(c3)oc3ccccc34)nc(-c3cccc4c3Oc3ccccc3C4(c3ccccc3)c3ccccc3)n2)cc1. The van der Waals surface area contributed by atoms with E-state index >= 15 is 0 Å². The number of nitrogens with zero attached hydrogens (tertiary/aromatic N) is 3. The van der Waals surface area contributed by atoms with Crippen LogP contribution in [0.25, 0.3) is 56.1 Å². The molecule has 0 unspecified atom stereocenters. The molecule has 0 bridgehead atoms. The van der Waals surface area contributed by atoms with Crippen molar-refractivity contribution < 1.29 is 9.15 Å². The Morgan fingerprint density at radius 2 is 1.00 bits per heavy atom. The molecule has 0 saturated carbocycles. The highest BCUT2D eigenvalue weighted by Crippen LogP contribution is 2.57. The molecule has 10 rings (SSSR count). The van der Waals surface area contributed by atoms with Gasteiger partial charge in [-0.05, 0) is 41.5 Å². The second-order valence-electron chi connectivity index (χ2n) is 12.7. The van der Waals surface area contributed by atoms with E-state index < -0.39 is 5.41 Å². The molecule has 0 spiro atoms. The highest BCUT2D eigenvalue weighted by Gasteiger charge is 2.46. The van der Waals surface area contributed by atoms with E-state index in [9.17, 15) is 0 Å². The highest BCUT2D eigenvalue weighted by atomic mass is 16.5. The van der Waals surface area contributed by atoms with Gasteiger partial charge in [-0.2, -0.15) is 0 Å². The maximum Gasteiger partial charge on any atom is 0.167 e. The molecular formula is C46H29N3O2. The van der Waals surface area contributed by atoms with Gasteiger partial charge in [0.25, 0.3) is 0 Å². The van der Waals surface area contributed by atoms with Crippen LogP contribution in [0.1, 0.15) is 22.3 Å². The van der Waals surface area contributed by atoms with Crippen LogP contribution in [0.4, 0.5) is 0 Å². The monoisotopic (exact) mass is 655 g/mol. The van der Waals surface area contributed by atoms with E-state index in [4.69, 9.17) is 24.1 Å². The largest absolute Gasteiger partial charge is 0.456 e. The fourth-order valence-electron chi connectivity index (χ4n) is 7.61. The number of fused-ring (bicyclic) bond motifs is 5. The van der Waals surface area contributed by atoms with E-state index in [2.05, 4.69) is 103 Å². The smallest absolute Gasteiger partial charge is 0.167 e. The molecule has 7 aromatic carbocycles. The summed E-state index contributed by atoms with van der Waals surface area (Å²) < 4.78 is 13.2. The Hall–Kier alpha value is -6.85. The quantitative estimate of drug-likeness (QED) is 0.185. The lowest BCUT2D eigenvalue weighted by molar-refractivity contribution is 0.436. The number of aromatic nitrogens is 3. The van der Waals surface area contributed by atoms with Crippen molar-refractivity contribution in [1.82, 2.24) is 15.0 Å². The fraction of sp³-hybridized carbons (Fsp3) is 0.0217. The van der Waals surface area contributed by atoms with Crippen molar-refractivity contribution in [1.29, 1.82) is 0 Å². The van der Waals surface area contributed by atoms with Crippen molar-refractivity contribution in [3.8, 4) is 45.7 Å². The van der Waals surface area contributed by atoms with E-state index in [1.807, 2.05) is 72.8 Å². The Morgan fingerprint density at radius 1 is 0.412 bits per heavy atom. The third-order valence-corrected chi connectivity index (χ3v) is 9.88. The number of rotatable bonds is 5. The van der Waals surface area contributed by atoms with Gasteiger partial charge in [-0.15, -0.1) is 0 Å². The lowest BCUT2D eigenvalue weighted by Gasteiger charge is -2.42. The van der Waals surface area contributed by atoms with Crippen LogP contribution in [-0.4, -0.2) is 15.0 Å². The first kappa shape index (κ1) is 29.1. The Bertz CT molecular complexity index is 2680. The summed E-state index contributed by atoms with van der Waals surface area (Å²) >= 11 is 0. The Kier molecular flexibility index (Phi) is 6.64. The molecule has 0 amide bonds. The van der Waals surface area contributed by atoms with Crippen molar-refractivity contribution in [2.45, 2.75) is 5.41 Å². The maximum absolute atomic E-state index is 6.93. The van der Waals surface area contributed by atoms with Gasteiger partial charge in [-0.3, -0.25) is 0 Å². The van der Waals surface area contributed by atoms with Gasteiger partial charge in [0, 0.05) is 33.0 Å². The van der Waals surface area contributed by atoms with Crippen LogP contribution in [0.2, 0.25) is 0 Å². The first-order valence-electron chi connectivity index (χ1n) is 17.0. The van der Waals surface area contributed by atoms with Gasteiger partial charge in [-0.25, -0.2) is 15.0 Å². The first-order valence-corrected chi connectivity index (χ1v) is 17.0. The van der Waals surface area contributed by atoms with Crippen LogP contribution in [-0.2, 0) is 5.41 Å². The number of ether oxygens (including phenoxy) is 1. The van der Waals surface area contributed by atoms with Crippen LogP contribution >= 0.6 is 0 Å². The molecule has 0 radical (unpaired) electrons. The molecule has 9 aromatic rings. The summed E-state index contributed by atoms with van der Waals surface area (Å²) in [5.41, 5.74) is 7.86. The third kappa shape index (κ3) is 4.59. The summed E-state index contributed by atoms with van der Waals surface area (Å²) in [6.45, 7) is 0. The molecule has 0 saturated heterocycles. The van der Waals surface area contributed by atoms with Crippen LogP contribution in [0.5, 0.6) is 11.5 Å². The molecule has 1 aliphatic heterocycles. The number of furan rings is 1. The second-order valence-corrected chi connectivity index (χ2v) is 12.7. The molecule has 0 aliphatic carbocycles. The van der Waals surface area contributed by atoms with Crippen molar-refractivity contribution in [2.75, 3.05) is 0 Å². The minimum atomic E-state index is -0.660. The van der Waals surface area contributed by atoms with Gasteiger partial charge in [0.1, 0.15) is 22.7 Å². The van der Waals surface area contributed by atoms with Gasteiger partial charge in [-0.1, -0.05) is 146 Å². The molecule has 0 N–H and O–H groups in total. The Labute approximate surface area is 294 Å². The van der Waals surface area contributed by atoms with Gasteiger partial charge in [0.2, 0.25) is 0 Å². The standard InChI is InChI=1S/C46H29N3O2/c1-4-15-30(16-5-1)43-47-44(31-27-28-35-34-21-10-12-25-39(34)50-41(35)29-31)49-45(48-43)36-22-14-24-38-42(36)51-40-26-13-11-23-37(40)46(38,32-17-6-2-7-18-32)33-19-8-3-9-20-33/h1-29H. The van der Waals surface area contributed by atoms with E-state index in [0.29, 0.717) is 23.2 Å². The molecule has 240 valence electrons. The Morgan fingerprint density at radius 3 is 1.76 bits per heavy atom. The highest BCUT2D eigenvalue weighted by molar-refractivity contribution is 6.05. The molecule has 51 heavy (non-hydrogen) atoms. The van der Waals surface area contributed by atoms with E-state index in [0.717, 1.165) is 66.6 Å². The predicted molar refractivity (Wildman–Crippen MR) is 202 cm³/mol. The average Bonchev–Trinajstić information content (AvgIpc) is 3.58. The van der Waals surface area contributed by atoms with Gasteiger partial charge in [0.05, 0.1) is 11.0 Å². The maximum atomic E-state index is 6.93. The van der Waals surface area contributed by atoms with Crippen LogP contribution < -0.4 is 4.74 Å². The average molecular weight is 656 g/mol. The number of para-hydroxylation sites is 3. The summed E-state index contributed by atoms with van der Waals surface area (Å²) in [6.07, 6.45) is 0. The summed E-state index contributed by atoms with van der Waals surface area (Å²) in [5, 5.41) is 2.13. The molecule has 5 heteroatoms.